The number of hydrogen-bond donors (Lipinski definition) is 1. The van der Waals surface area contributed by atoms with Crippen LogP contribution < -0.4 is 4.74 Å². The van der Waals surface area contributed by atoms with E-state index >= 15 is 0 Å². The summed E-state index contributed by atoms with van der Waals surface area (Å²) in [5, 5.41) is 11.9. The molecule has 1 saturated heterocycles. The van der Waals surface area contributed by atoms with Gasteiger partial charge in [-0.3, -0.25) is 0 Å². The fraction of sp³-hybridized carbons (Fsp3) is 0.242. The first kappa shape index (κ1) is 24.9. The van der Waals surface area contributed by atoms with Crippen LogP contribution in [-0.4, -0.2) is 34.6 Å². The standard InChI is InChI=1S/C33H31ClN2O2/c34-27-15-13-26(14-16-27)33(37)17-21-36(22-18-33)20-6-9-25-23-30-28(24-7-2-1-3-8-24)10-4-12-31(30)38-32-29(25)11-5-19-35-32/h1-5,7-16,19,37H,6,17-18,20-23H2/b25-9-. The van der Waals surface area contributed by atoms with Gasteiger partial charge in [-0.05, 0) is 71.9 Å². The molecular formula is C33H31ClN2O2. The maximum Gasteiger partial charge on any atom is 0.226 e. The second-order valence-electron chi connectivity index (χ2n) is 10.2. The summed E-state index contributed by atoms with van der Waals surface area (Å²) in [5.41, 5.74) is 6.05. The Kier molecular flexibility index (Phi) is 7.03. The van der Waals surface area contributed by atoms with Gasteiger partial charge >= 0.3 is 0 Å². The van der Waals surface area contributed by atoms with Crippen LogP contribution in [0.25, 0.3) is 16.7 Å². The summed E-state index contributed by atoms with van der Waals surface area (Å²) in [5.74, 6) is 1.53. The van der Waals surface area contributed by atoms with Crippen molar-refractivity contribution in [1.82, 2.24) is 9.88 Å². The van der Waals surface area contributed by atoms with Crippen molar-refractivity contribution in [1.29, 1.82) is 0 Å². The minimum Gasteiger partial charge on any atom is -0.438 e. The normalized spacial score (nSPS) is 17.8. The zero-order chi connectivity index (χ0) is 26.0. The summed E-state index contributed by atoms with van der Waals surface area (Å²) in [6.07, 6.45) is 7.29. The van der Waals surface area contributed by atoms with Crippen LogP contribution in [0.5, 0.6) is 11.6 Å². The van der Waals surface area contributed by atoms with Crippen molar-refractivity contribution in [2.45, 2.75) is 31.3 Å². The summed E-state index contributed by atoms with van der Waals surface area (Å²) in [6.45, 7) is 2.68. The monoisotopic (exact) mass is 522 g/mol. The third-order valence-electron chi connectivity index (χ3n) is 7.81. The smallest absolute Gasteiger partial charge is 0.226 e. The van der Waals surface area contributed by atoms with Gasteiger partial charge in [-0.15, -0.1) is 0 Å². The first-order chi connectivity index (χ1) is 18.6. The van der Waals surface area contributed by atoms with E-state index in [1.165, 1.54) is 22.3 Å². The number of ether oxygens (including phenoxy) is 1. The second kappa shape index (κ2) is 10.7. The minimum atomic E-state index is -0.777. The SMILES string of the molecule is OC1(c2ccc(Cl)cc2)CCN(CC/C=C2/Cc3c(cccc3-c3ccccc3)Oc3ncccc32)CC1. The number of benzene rings is 3. The van der Waals surface area contributed by atoms with Gasteiger partial charge in [0.15, 0.2) is 0 Å². The Morgan fingerprint density at radius 3 is 2.45 bits per heavy atom. The highest BCUT2D eigenvalue weighted by molar-refractivity contribution is 6.30. The highest BCUT2D eigenvalue weighted by atomic mass is 35.5. The number of likely N-dealkylation sites (tertiary alicyclic amines) is 1. The molecular weight excluding hydrogens is 492 g/mol. The van der Waals surface area contributed by atoms with Gasteiger partial charge in [0, 0.05) is 48.4 Å². The highest BCUT2D eigenvalue weighted by Crippen LogP contribution is 2.42. The molecule has 1 N–H and O–H groups in total. The Hall–Kier alpha value is -3.44. The lowest BCUT2D eigenvalue weighted by molar-refractivity contribution is -0.0254. The quantitative estimate of drug-likeness (QED) is 0.294. The molecule has 38 heavy (non-hydrogen) atoms. The molecule has 0 bridgehead atoms. The largest absolute Gasteiger partial charge is 0.438 e. The van der Waals surface area contributed by atoms with E-state index in [1.807, 2.05) is 42.5 Å². The van der Waals surface area contributed by atoms with E-state index in [1.54, 1.807) is 6.20 Å². The van der Waals surface area contributed by atoms with Gasteiger partial charge in [0.1, 0.15) is 5.75 Å². The molecule has 192 valence electrons. The number of fused-ring (bicyclic) bond motifs is 2. The molecule has 1 fully saturated rings. The van der Waals surface area contributed by atoms with Crippen molar-refractivity contribution in [2.75, 3.05) is 19.6 Å². The topological polar surface area (TPSA) is 45.6 Å². The molecule has 2 aliphatic heterocycles. The van der Waals surface area contributed by atoms with Crippen LogP contribution in [0.15, 0.2) is 97.2 Å². The number of rotatable bonds is 5. The molecule has 0 radical (unpaired) electrons. The summed E-state index contributed by atoms with van der Waals surface area (Å²) >= 11 is 6.04. The molecule has 5 heteroatoms. The molecule has 0 aliphatic carbocycles. The Morgan fingerprint density at radius 1 is 0.895 bits per heavy atom. The molecule has 6 rings (SSSR count). The molecule has 4 nitrogen and oxygen atoms in total. The van der Waals surface area contributed by atoms with Crippen molar-refractivity contribution < 1.29 is 9.84 Å². The predicted molar refractivity (Wildman–Crippen MR) is 154 cm³/mol. The number of pyridine rings is 1. The van der Waals surface area contributed by atoms with Crippen molar-refractivity contribution in [3.05, 3.63) is 119 Å². The average Bonchev–Trinajstić information content (AvgIpc) is 3.11. The van der Waals surface area contributed by atoms with Crippen LogP contribution in [0, 0.1) is 0 Å². The van der Waals surface area contributed by atoms with Gasteiger partial charge in [-0.1, -0.05) is 72.3 Å². The number of allylic oxidation sites excluding steroid dienone is 1. The summed E-state index contributed by atoms with van der Waals surface area (Å²) in [6, 6.07) is 28.5. The third-order valence-corrected chi connectivity index (χ3v) is 8.06. The number of halogens is 1. The maximum atomic E-state index is 11.2. The Morgan fingerprint density at radius 2 is 1.66 bits per heavy atom. The second-order valence-corrected chi connectivity index (χ2v) is 10.6. The van der Waals surface area contributed by atoms with Crippen LogP contribution >= 0.6 is 11.6 Å². The van der Waals surface area contributed by atoms with E-state index < -0.39 is 5.60 Å². The van der Waals surface area contributed by atoms with E-state index in [-0.39, 0.29) is 0 Å². The molecule has 1 aromatic heterocycles. The molecule has 0 unspecified atom stereocenters. The van der Waals surface area contributed by atoms with Gasteiger partial charge in [-0.25, -0.2) is 4.98 Å². The number of aliphatic hydroxyl groups is 1. The van der Waals surface area contributed by atoms with Gasteiger partial charge < -0.3 is 14.7 Å². The molecule has 3 aromatic carbocycles. The van der Waals surface area contributed by atoms with Crippen molar-refractivity contribution in [2.24, 2.45) is 0 Å². The van der Waals surface area contributed by atoms with Gasteiger partial charge in [0.25, 0.3) is 0 Å². The van der Waals surface area contributed by atoms with Crippen LogP contribution in [0.4, 0.5) is 0 Å². The van der Waals surface area contributed by atoms with Crippen LogP contribution in [0.2, 0.25) is 5.02 Å². The number of aromatic nitrogens is 1. The molecule has 4 aromatic rings. The van der Waals surface area contributed by atoms with Crippen LogP contribution in [0.3, 0.4) is 0 Å². The van der Waals surface area contributed by atoms with Crippen molar-refractivity contribution in [3.63, 3.8) is 0 Å². The van der Waals surface area contributed by atoms with E-state index in [2.05, 4.69) is 58.4 Å². The lowest BCUT2D eigenvalue weighted by atomic mass is 9.84. The highest BCUT2D eigenvalue weighted by Gasteiger charge is 2.33. The molecule has 0 amide bonds. The van der Waals surface area contributed by atoms with Crippen LogP contribution in [-0.2, 0) is 12.0 Å². The Bertz CT molecular complexity index is 1440. The number of hydrogen-bond acceptors (Lipinski definition) is 4. The van der Waals surface area contributed by atoms with Gasteiger partial charge in [0.2, 0.25) is 5.88 Å². The Balaban J connectivity index is 1.20. The lowest BCUT2D eigenvalue weighted by Gasteiger charge is -2.38. The number of nitrogens with zero attached hydrogens (tertiary/aromatic N) is 2. The van der Waals surface area contributed by atoms with Gasteiger partial charge in [-0.2, -0.15) is 0 Å². The van der Waals surface area contributed by atoms with E-state index in [9.17, 15) is 5.11 Å². The maximum absolute atomic E-state index is 11.2. The summed E-state index contributed by atoms with van der Waals surface area (Å²) < 4.78 is 6.37. The minimum absolute atomic E-state index is 0.661. The molecule has 3 heterocycles. The first-order valence-corrected chi connectivity index (χ1v) is 13.7. The average molecular weight is 523 g/mol. The summed E-state index contributed by atoms with van der Waals surface area (Å²) in [7, 11) is 0. The zero-order valence-electron chi connectivity index (χ0n) is 21.3. The Labute approximate surface area is 229 Å². The van der Waals surface area contributed by atoms with Crippen molar-refractivity contribution in [3.8, 4) is 22.8 Å². The van der Waals surface area contributed by atoms with E-state index in [4.69, 9.17) is 16.3 Å². The fourth-order valence-electron chi connectivity index (χ4n) is 5.64. The van der Waals surface area contributed by atoms with Crippen LogP contribution in [0.1, 0.15) is 36.0 Å². The predicted octanol–water partition coefficient (Wildman–Crippen LogP) is 7.51. The first-order valence-electron chi connectivity index (χ1n) is 13.3. The third kappa shape index (κ3) is 5.12. The zero-order valence-corrected chi connectivity index (χ0v) is 22.1. The van der Waals surface area contributed by atoms with E-state index in [0.717, 1.165) is 62.2 Å². The fourth-order valence-corrected chi connectivity index (χ4v) is 5.76. The number of piperidine rings is 1. The summed E-state index contributed by atoms with van der Waals surface area (Å²) in [4.78, 5) is 7.02. The molecule has 2 aliphatic rings. The lowest BCUT2D eigenvalue weighted by Crippen LogP contribution is -2.42. The van der Waals surface area contributed by atoms with E-state index in [0.29, 0.717) is 10.9 Å². The van der Waals surface area contributed by atoms with Gasteiger partial charge in [0.05, 0.1) is 5.60 Å². The molecule has 0 saturated carbocycles. The van der Waals surface area contributed by atoms with Crippen molar-refractivity contribution >= 4 is 17.2 Å². The molecule has 0 spiro atoms. The molecule has 0 atom stereocenters.